The molecule has 1 aromatic carbocycles. The van der Waals surface area contributed by atoms with E-state index in [1.54, 1.807) is 12.1 Å². The van der Waals surface area contributed by atoms with E-state index >= 15 is 0 Å². The molecule has 0 saturated heterocycles. The number of carbonyl (C=O) groups excluding carboxylic acids is 1. The number of aryl methyl sites for hydroxylation is 1. The van der Waals surface area contributed by atoms with Crippen LogP contribution in [0.25, 0.3) is 10.9 Å². The first-order chi connectivity index (χ1) is 10.6. The van der Waals surface area contributed by atoms with Crippen molar-refractivity contribution in [2.24, 2.45) is 0 Å². The van der Waals surface area contributed by atoms with Gasteiger partial charge in [-0.15, -0.1) is 0 Å². The SMILES string of the molecule is Nc1c2c(nn1C(=O)c1cccc3[nH]c(Cl)cc13)CCCC2. The lowest BCUT2D eigenvalue weighted by Crippen LogP contribution is -2.16. The number of nitrogens with one attached hydrogen (secondary N) is 1. The molecule has 3 aromatic rings. The van der Waals surface area contributed by atoms with E-state index in [4.69, 9.17) is 17.3 Å². The Labute approximate surface area is 132 Å². The molecule has 22 heavy (non-hydrogen) atoms. The molecule has 2 aromatic heterocycles. The first-order valence-electron chi connectivity index (χ1n) is 7.33. The lowest BCUT2D eigenvalue weighted by Gasteiger charge is -2.08. The molecule has 0 bridgehead atoms. The van der Waals surface area contributed by atoms with Gasteiger partial charge in [0, 0.05) is 16.5 Å². The quantitative estimate of drug-likeness (QED) is 0.724. The van der Waals surface area contributed by atoms with Gasteiger partial charge in [-0.2, -0.15) is 9.78 Å². The lowest BCUT2D eigenvalue weighted by molar-refractivity contribution is 0.0949. The van der Waals surface area contributed by atoms with Crippen molar-refractivity contribution in [3.63, 3.8) is 0 Å². The molecule has 1 aliphatic rings. The number of H-pyrrole nitrogens is 1. The Morgan fingerprint density at radius 2 is 2.14 bits per heavy atom. The third-order valence-electron chi connectivity index (χ3n) is 4.25. The average Bonchev–Trinajstić information content (AvgIpc) is 3.06. The van der Waals surface area contributed by atoms with Crippen LogP contribution in [0.15, 0.2) is 24.3 Å². The molecule has 1 aliphatic carbocycles. The minimum Gasteiger partial charge on any atom is -0.383 e. The van der Waals surface area contributed by atoms with Crippen LogP contribution in [0.4, 0.5) is 5.82 Å². The summed E-state index contributed by atoms with van der Waals surface area (Å²) in [5, 5.41) is 5.72. The maximum Gasteiger partial charge on any atom is 0.280 e. The smallest absolute Gasteiger partial charge is 0.280 e. The van der Waals surface area contributed by atoms with Gasteiger partial charge < -0.3 is 10.7 Å². The highest BCUT2D eigenvalue weighted by Crippen LogP contribution is 2.28. The Morgan fingerprint density at radius 3 is 2.95 bits per heavy atom. The van der Waals surface area contributed by atoms with E-state index in [1.807, 2.05) is 12.1 Å². The van der Waals surface area contributed by atoms with Crippen molar-refractivity contribution in [1.29, 1.82) is 0 Å². The van der Waals surface area contributed by atoms with E-state index in [-0.39, 0.29) is 5.91 Å². The Morgan fingerprint density at radius 1 is 1.32 bits per heavy atom. The maximum absolute atomic E-state index is 12.9. The molecule has 5 nitrogen and oxygen atoms in total. The zero-order chi connectivity index (χ0) is 15.3. The summed E-state index contributed by atoms with van der Waals surface area (Å²) >= 11 is 6.01. The molecule has 0 atom stereocenters. The third kappa shape index (κ3) is 1.93. The summed E-state index contributed by atoms with van der Waals surface area (Å²) in [7, 11) is 0. The summed E-state index contributed by atoms with van der Waals surface area (Å²) in [6.07, 6.45) is 3.98. The summed E-state index contributed by atoms with van der Waals surface area (Å²) in [5.74, 6) is 0.256. The third-order valence-corrected chi connectivity index (χ3v) is 4.45. The molecule has 6 heteroatoms. The van der Waals surface area contributed by atoms with Gasteiger partial charge in [-0.3, -0.25) is 4.79 Å². The number of fused-ring (bicyclic) bond motifs is 2. The number of hydrogen-bond donors (Lipinski definition) is 2. The number of nitrogens with zero attached hydrogens (tertiary/aromatic N) is 2. The molecule has 0 fully saturated rings. The first kappa shape index (κ1) is 13.4. The van der Waals surface area contributed by atoms with Crippen LogP contribution in [0.1, 0.15) is 34.5 Å². The summed E-state index contributed by atoms with van der Waals surface area (Å²) < 4.78 is 1.34. The number of hydrogen-bond acceptors (Lipinski definition) is 3. The second-order valence-corrected chi connectivity index (χ2v) is 6.03. The van der Waals surface area contributed by atoms with Gasteiger partial charge in [0.15, 0.2) is 0 Å². The van der Waals surface area contributed by atoms with Gasteiger partial charge in [-0.25, -0.2) is 0 Å². The van der Waals surface area contributed by atoms with Crippen molar-refractivity contribution < 1.29 is 4.79 Å². The molecule has 0 amide bonds. The average molecular weight is 315 g/mol. The van der Waals surface area contributed by atoms with Crippen LogP contribution in [0.5, 0.6) is 0 Å². The minimum absolute atomic E-state index is 0.215. The van der Waals surface area contributed by atoms with Crippen molar-refractivity contribution in [2.45, 2.75) is 25.7 Å². The molecule has 112 valence electrons. The lowest BCUT2D eigenvalue weighted by atomic mass is 9.98. The number of aromatic amines is 1. The summed E-state index contributed by atoms with van der Waals surface area (Å²) in [5.41, 5.74) is 9.51. The van der Waals surface area contributed by atoms with E-state index in [2.05, 4.69) is 10.1 Å². The molecule has 0 spiro atoms. The Bertz CT molecular complexity index is 893. The number of halogens is 1. The van der Waals surface area contributed by atoms with Crippen LogP contribution in [0, 0.1) is 0 Å². The molecule has 0 unspecified atom stereocenters. The zero-order valence-corrected chi connectivity index (χ0v) is 12.7. The van der Waals surface area contributed by atoms with Gasteiger partial charge in [-0.05, 0) is 43.9 Å². The molecule has 0 saturated carbocycles. The van der Waals surface area contributed by atoms with E-state index < -0.39 is 0 Å². The van der Waals surface area contributed by atoms with Gasteiger partial charge in [0.1, 0.15) is 11.0 Å². The number of nitrogen functional groups attached to an aromatic ring is 1. The fourth-order valence-corrected chi connectivity index (χ4v) is 3.37. The molecule has 3 N–H and O–H groups in total. The van der Waals surface area contributed by atoms with Crippen molar-refractivity contribution in [3.8, 4) is 0 Å². The number of rotatable bonds is 1. The number of benzene rings is 1. The van der Waals surface area contributed by atoms with Gasteiger partial charge in [0.05, 0.1) is 11.3 Å². The fourth-order valence-electron chi connectivity index (χ4n) is 3.15. The van der Waals surface area contributed by atoms with Crippen molar-refractivity contribution in [3.05, 3.63) is 46.2 Å². The highest BCUT2D eigenvalue weighted by Gasteiger charge is 2.23. The van der Waals surface area contributed by atoms with Crippen LogP contribution < -0.4 is 5.73 Å². The van der Waals surface area contributed by atoms with Crippen LogP contribution in [-0.2, 0) is 12.8 Å². The second kappa shape index (κ2) is 4.88. The molecule has 4 rings (SSSR count). The van der Waals surface area contributed by atoms with E-state index in [1.165, 1.54) is 4.68 Å². The van der Waals surface area contributed by atoms with Gasteiger partial charge >= 0.3 is 0 Å². The molecular weight excluding hydrogens is 300 g/mol. The van der Waals surface area contributed by atoms with E-state index in [0.29, 0.717) is 16.5 Å². The van der Waals surface area contributed by atoms with Crippen molar-refractivity contribution in [1.82, 2.24) is 14.8 Å². The fraction of sp³-hybridized carbons (Fsp3) is 0.250. The van der Waals surface area contributed by atoms with Crippen molar-refractivity contribution >= 4 is 34.2 Å². The van der Waals surface area contributed by atoms with Crippen LogP contribution >= 0.6 is 11.6 Å². The number of nitrogens with two attached hydrogens (primary N) is 1. The predicted octanol–water partition coefficient (Wildman–Crippen LogP) is 3.17. The Hall–Kier alpha value is -2.27. The first-order valence-corrected chi connectivity index (χ1v) is 7.71. The summed E-state index contributed by atoms with van der Waals surface area (Å²) in [6, 6.07) is 7.23. The highest BCUT2D eigenvalue weighted by atomic mass is 35.5. The minimum atomic E-state index is -0.215. The normalized spacial score (nSPS) is 14.2. The van der Waals surface area contributed by atoms with Crippen LogP contribution in [0.2, 0.25) is 5.15 Å². The topological polar surface area (TPSA) is 76.7 Å². The maximum atomic E-state index is 12.9. The number of anilines is 1. The molecule has 2 heterocycles. The molecular formula is C16H15ClN4O. The number of carbonyl (C=O) groups is 1. The van der Waals surface area contributed by atoms with Crippen molar-refractivity contribution in [2.75, 3.05) is 5.73 Å². The second-order valence-electron chi connectivity index (χ2n) is 5.62. The van der Waals surface area contributed by atoms with E-state index in [0.717, 1.165) is 47.8 Å². The molecule has 0 aliphatic heterocycles. The largest absolute Gasteiger partial charge is 0.383 e. The predicted molar refractivity (Wildman–Crippen MR) is 86.3 cm³/mol. The molecule has 0 radical (unpaired) electrons. The standard InChI is InChI=1S/C16H15ClN4O/c17-14-8-11-9(5-3-7-12(11)19-14)16(22)21-15(18)10-4-1-2-6-13(10)20-21/h3,5,7-8,19H,1-2,4,6,18H2. The Kier molecular flexibility index (Phi) is 2.97. The van der Waals surface area contributed by atoms with E-state index in [9.17, 15) is 4.79 Å². The Balaban J connectivity index is 1.85. The zero-order valence-electron chi connectivity index (χ0n) is 11.9. The van der Waals surface area contributed by atoms with Gasteiger partial charge in [0.25, 0.3) is 5.91 Å². The van der Waals surface area contributed by atoms with Gasteiger partial charge in [-0.1, -0.05) is 17.7 Å². The summed E-state index contributed by atoms with van der Waals surface area (Å²) in [4.78, 5) is 15.9. The van der Waals surface area contributed by atoms with Crippen LogP contribution in [0.3, 0.4) is 0 Å². The number of aromatic nitrogens is 3. The van der Waals surface area contributed by atoms with Crippen LogP contribution in [-0.4, -0.2) is 20.7 Å². The monoisotopic (exact) mass is 314 g/mol. The highest BCUT2D eigenvalue weighted by molar-refractivity contribution is 6.31. The summed E-state index contributed by atoms with van der Waals surface area (Å²) in [6.45, 7) is 0. The van der Waals surface area contributed by atoms with Gasteiger partial charge in [0.2, 0.25) is 0 Å².